The Balaban J connectivity index is 1.77. The highest BCUT2D eigenvalue weighted by Gasteiger charge is 2.21. The molecule has 1 aliphatic rings. The minimum Gasteiger partial charge on any atom is -0.389 e. The van der Waals surface area contributed by atoms with Gasteiger partial charge in [0.15, 0.2) is 0 Å². The maximum atomic E-state index is 9.76. The molecule has 1 aliphatic heterocycles. The van der Waals surface area contributed by atoms with Crippen LogP contribution in [0.25, 0.3) is 0 Å². The van der Waals surface area contributed by atoms with Gasteiger partial charge >= 0.3 is 0 Å². The van der Waals surface area contributed by atoms with Crippen LogP contribution in [-0.2, 0) is 4.74 Å². The number of aliphatic hydroxyl groups excluding tert-OH is 1. The second kappa shape index (κ2) is 7.68. The largest absolute Gasteiger partial charge is 0.389 e. The molecule has 1 saturated heterocycles. The highest BCUT2D eigenvalue weighted by molar-refractivity contribution is 5.38. The number of aliphatic hydroxyl groups is 1. The Hall–Kier alpha value is -1.24. The van der Waals surface area contributed by atoms with Crippen LogP contribution in [0.15, 0.2) is 6.07 Å². The maximum absolute atomic E-state index is 9.76. The minimum absolute atomic E-state index is 0.398. The molecule has 0 aromatic carbocycles. The number of anilines is 1. The summed E-state index contributed by atoms with van der Waals surface area (Å²) in [6.45, 7) is 7.07. The van der Waals surface area contributed by atoms with E-state index in [9.17, 15) is 5.11 Å². The third kappa shape index (κ3) is 4.91. The first kappa shape index (κ1) is 16.1. The molecule has 1 aromatic heterocycles. The summed E-state index contributed by atoms with van der Waals surface area (Å²) in [5, 5.41) is 21.6. The van der Waals surface area contributed by atoms with Gasteiger partial charge in [0.1, 0.15) is 5.82 Å². The van der Waals surface area contributed by atoms with Crippen molar-refractivity contribution in [3.8, 4) is 0 Å². The lowest BCUT2D eigenvalue weighted by atomic mass is 10.0. The van der Waals surface area contributed by atoms with E-state index in [0.717, 1.165) is 43.0 Å². The van der Waals surface area contributed by atoms with Crippen LogP contribution in [0.5, 0.6) is 0 Å². The fourth-order valence-electron chi connectivity index (χ4n) is 2.63. The van der Waals surface area contributed by atoms with E-state index in [4.69, 9.17) is 4.74 Å². The molecule has 0 aliphatic carbocycles. The molecule has 0 radical (unpaired) electrons. The molecule has 0 bridgehead atoms. The van der Waals surface area contributed by atoms with Gasteiger partial charge in [-0.25, -0.2) is 0 Å². The third-order valence-corrected chi connectivity index (χ3v) is 4.00. The smallest absolute Gasteiger partial charge is 0.149 e. The van der Waals surface area contributed by atoms with Gasteiger partial charge in [0, 0.05) is 32.8 Å². The minimum atomic E-state index is -0.398. The summed E-state index contributed by atoms with van der Waals surface area (Å²) in [5.74, 6) is 0.857. The van der Waals surface area contributed by atoms with Crippen molar-refractivity contribution in [1.29, 1.82) is 0 Å². The van der Waals surface area contributed by atoms with Crippen LogP contribution < -0.4 is 5.32 Å². The van der Waals surface area contributed by atoms with Crippen LogP contribution in [0, 0.1) is 13.8 Å². The summed E-state index contributed by atoms with van der Waals surface area (Å²) in [6.07, 6.45) is 1.70. The topological polar surface area (TPSA) is 70.5 Å². The lowest BCUT2D eigenvalue weighted by Crippen LogP contribution is -2.43. The zero-order valence-corrected chi connectivity index (χ0v) is 13.2. The van der Waals surface area contributed by atoms with Gasteiger partial charge in [0.25, 0.3) is 0 Å². The van der Waals surface area contributed by atoms with Gasteiger partial charge in [-0.05, 0) is 38.3 Å². The fourth-order valence-corrected chi connectivity index (χ4v) is 2.63. The molecular weight excluding hydrogens is 268 g/mol. The number of methoxy groups -OCH3 is 1. The van der Waals surface area contributed by atoms with Crippen molar-refractivity contribution in [3.05, 3.63) is 17.3 Å². The number of aryl methyl sites for hydroxylation is 2. The van der Waals surface area contributed by atoms with Crippen molar-refractivity contribution in [2.45, 2.75) is 38.8 Å². The number of likely N-dealkylation sites (tertiary alicyclic amines) is 1. The van der Waals surface area contributed by atoms with E-state index in [1.165, 1.54) is 0 Å². The standard InChI is InChI=1S/C15H26N4O2/c1-11-8-15(18-17-12(11)2)16-13-4-6-19(7-5-13)9-14(20)10-21-3/h8,13-14,20H,4-7,9-10H2,1-3H3,(H,16,18). The molecule has 1 fully saturated rings. The van der Waals surface area contributed by atoms with Gasteiger partial charge in [0.05, 0.1) is 18.4 Å². The van der Waals surface area contributed by atoms with Gasteiger partial charge in [-0.2, -0.15) is 5.10 Å². The normalized spacial score (nSPS) is 18.7. The molecule has 0 amide bonds. The van der Waals surface area contributed by atoms with Crippen LogP contribution >= 0.6 is 0 Å². The average Bonchev–Trinajstić information content (AvgIpc) is 2.45. The number of rotatable bonds is 6. The number of β-amino-alcohol motifs (C(OH)–C–C–N with tert-alkyl or cyclic N) is 1. The number of ether oxygens (including phenoxy) is 1. The predicted molar refractivity (Wildman–Crippen MR) is 82.5 cm³/mol. The number of aromatic nitrogens is 2. The molecule has 2 heterocycles. The quantitative estimate of drug-likeness (QED) is 0.815. The zero-order valence-electron chi connectivity index (χ0n) is 13.2. The van der Waals surface area contributed by atoms with E-state index in [2.05, 4.69) is 33.4 Å². The Morgan fingerprint density at radius 2 is 2.10 bits per heavy atom. The van der Waals surface area contributed by atoms with Crippen LogP contribution in [0.3, 0.4) is 0 Å². The van der Waals surface area contributed by atoms with E-state index < -0.39 is 6.10 Å². The molecule has 1 aromatic rings. The first-order valence-corrected chi connectivity index (χ1v) is 7.55. The molecule has 1 unspecified atom stereocenters. The molecule has 2 N–H and O–H groups in total. The lowest BCUT2D eigenvalue weighted by Gasteiger charge is -2.33. The van der Waals surface area contributed by atoms with Gasteiger partial charge in [-0.1, -0.05) is 0 Å². The highest BCUT2D eigenvalue weighted by Crippen LogP contribution is 2.16. The monoisotopic (exact) mass is 294 g/mol. The van der Waals surface area contributed by atoms with E-state index in [1.807, 2.05) is 6.92 Å². The van der Waals surface area contributed by atoms with E-state index in [0.29, 0.717) is 19.2 Å². The van der Waals surface area contributed by atoms with Gasteiger partial charge in [-0.15, -0.1) is 5.10 Å². The van der Waals surface area contributed by atoms with Crippen LogP contribution in [0.1, 0.15) is 24.1 Å². The molecular formula is C15H26N4O2. The lowest BCUT2D eigenvalue weighted by molar-refractivity contribution is 0.0327. The number of piperidine rings is 1. The Labute approximate surface area is 126 Å². The number of nitrogens with zero attached hydrogens (tertiary/aromatic N) is 3. The average molecular weight is 294 g/mol. The fraction of sp³-hybridized carbons (Fsp3) is 0.733. The van der Waals surface area contributed by atoms with Gasteiger partial charge in [0.2, 0.25) is 0 Å². The Bertz CT molecular complexity index is 447. The Morgan fingerprint density at radius 1 is 1.38 bits per heavy atom. The second-order valence-electron chi connectivity index (χ2n) is 5.83. The molecule has 0 spiro atoms. The van der Waals surface area contributed by atoms with Crippen LogP contribution in [0.2, 0.25) is 0 Å². The molecule has 6 nitrogen and oxygen atoms in total. The summed E-state index contributed by atoms with van der Waals surface area (Å²) in [4.78, 5) is 2.29. The van der Waals surface area contributed by atoms with Crippen molar-refractivity contribution >= 4 is 5.82 Å². The van der Waals surface area contributed by atoms with Crippen molar-refractivity contribution in [3.63, 3.8) is 0 Å². The Morgan fingerprint density at radius 3 is 2.71 bits per heavy atom. The number of hydrogen-bond donors (Lipinski definition) is 2. The summed E-state index contributed by atoms with van der Waals surface area (Å²) < 4.78 is 4.96. The maximum Gasteiger partial charge on any atom is 0.149 e. The third-order valence-electron chi connectivity index (χ3n) is 4.00. The molecule has 21 heavy (non-hydrogen) atoms. The van der Waals surface area contributed by atoms with E-state index in [-0.39, 0.29) is 0 Å². The first-order valence-electron chi connectivity index (χ1n) is 7.55. The second-order valence-corrected chi connectivity index (χ2v) is 5.83. The van der Waals surface area contributed by atoms with E-state index in [1.54, 1.807) is 7.11 Å². The summed E-state index contributed by atoms with van der Waals surface area (Å²) in [5.41, 5.74) is 2.13. The summed E-state index contributed by atoms with van der Waals surface area (Å²) in [6, 6.07) is 2.48. The van der Waals surface area contributed by atoms with Crippen LogP contribution in [0.4, 0.5) is 5.82 Å². The van der Waals surface area contributed by atoms with E-state index >= 15 is 0 Å². The highest BCUT2D eigenvalue weighted by atomic mass is 16.5. The SMILES string of the molecule is COCC(O)CN1CCC(Nc2cc(C)c(C)nn2)CC1. The molecule has 1 atom stereocenters. The zero-order chi connectivity index (χ0) is 15.2. The summed E-state index contributed by atoms with van der Waals surface area (Å²) >= 11 is 0. The van der Waals surface area contributed by atoms with Crippen molar-refractivity contribution < 1.29 is 9.84 Å². The van der Waals surface area contributed by atoms with Gasteiger partial charge < -0.3 is 20.1 Å². The van der Waals surface area contributed by atoms with Crippen molar-refractivity contribution in [2.75, 3.05) is 38.7 Å². The number of hydrogen-bond acceptors (Lipinski definition) is 6. The summed E-state index contributed by atoms with van der Waals surface area (Å²) in [7, 11) is 1.62. The predicted octanol–water partition coefficient (Wildman–Crippen LogP) is 0.977. The van der Waals surface area contributed by atoms with Crippen molar-refractivity contribution in [2.24, 2.45) is 0 Å². The number of nitrogens with one attached hydrogen (secondary N) is 1. The Kier molecular flexibility index (Phi) is 5.90. The van der Waals surface area contributed by atoms with Crippen LogP contribution in [-0.4, -0.2) is 65.7 Å². The van der Waals surface area contributed by atoms with Crippen molar-refractivity contribution in [1.82, 2.24) is 15.1 Å². The molecule has 2 rings (SSSR count). The van der Waals surface area contributed by atoms with Gasteiger partial charge in [-0.3, -0.25) is 0 Å². The molecule has 0 saturated carbocycles. The molecule has 118 valence electrons. The molecule has 6 heteroatoms. The first-order chi connectivity index (χ1) is 10.1.